The van der Waals surface area contributed by atoms with Gasteiger partial charge in [0.15, 0.2) is 0 Å². The minimum atomic E-state index is -1.42. The fourth-order valence-corrected chi connectivity index (χ4v) is 1.25. The molecule has 0 aliphatic heterocycles. The number of benzene rings is 1. The lowest BCUT2D eigenvalue weighted by molar-refractivity contribution is -0.131. The summed E-state index contributed by atoms with van der Waals surface area (Å²) in [6.07, 6.45) is 0. The molecule has 0 aliphatic carbocycles. The molecule has 0 atom stereocenters. The number of hydrogen-bond acceptors (Lipinski definition) is 3. The zero-order valence-electron chi connectivity index (χ0n) is 8.73. The second-order valence-electron chi connectivity index (χ2n) is 3.57. The Labute approximate surface area is 88.1 Å². The van der Waals surface area contributed by atoms with E-state index in [-0.39, 0.29) is 5.56 Å². The Morgan fingerprint density at radius 3 is 2.13 bits per heavy atom. The number of nitrogens with zero attached hydrogens (tertiary/aromatic N) is 1. The van der Waals surface area contributed by atoms with Gasteiger partial charge >= 0.3 is 5.97 Å². The summed E-state index contributed by atoms with van der Waals surface area (Å²) in [5.74, 6) is -2.29. The third kappa shape index (κ3) is 3.18. The lowest BCUT2D eigenvalue weighted by Crippen LogP contribution is -2.13. The fraction of sp³-hybridized carbons (Fsp3) is 0.273. The third-order valence-electron chi connectivity index (χ3n) is 1.91. The first-order valence-corrected chi connectivity index (χ1v) is 4.52. The van der Waals surface area contributed by atoms with Crippen LogP contribution >= 0.6 is 0 Å². The number of carboxylic acid groups (broad SMARTS) is 1. The lowest BCUT2D eigenvalue weighted by Gasteiger charge is -2.09. The quantitative estimate of drug-likeness (QED) is 0.591. The highest BCUT2D eigenvalue weighted by Crippen LogP contribution is 2.06. The van der Waals surface area contributed by atoms with E-state index in [1.165, 1.54) is 12.1 Å². The summed E-state index contributed by atoms with van der Waals surface area (Å²) in [5.41, 5.74) is 1.26. The Morgan fingerprint density at radius 2 is 1.73 bits per heavy atom. The van der Waals surface area contributed by atoms with Gasteiger partial charge < -0.3 is 10.0 Å². The SMILES string of the molecule is CN(C)Cc1ccc(C(=O)C(=O)O)cc1. The molecule has 1 aromatic carbocycles. The summed E-state index contributed by atoms with van der Waals surface area (Å²) in [6.45, 7) is 0.765. The Balaban J connectivity index is 2.81. The zero-order chi connectivity index (χ0) is 11.4. The van der Waals surface area contributed by atoms with Crippen LogP contribution in [0.15, 0.2) is 24.3 Å². The average Bonchev–Trinajstić information content (AvgIpc) is 2.17. The van der Waals surface area contributed by atoms with Gasteiger partial charge in [-0.05, 0) is 19.7 Å². The predicted octanol–water partition coefficient (Wildman–Crippen LogP) is 1.02. The topological polar surface area (TPSA) is 57.6 Å². The second-order valence-corrected chi connectivity index (χ2v) is 3.57. The van der Waals surface area contributed by atoms with Gasteiger partial charge in [-0.2, -0.15) is 0 Å². The number of Topliss-reactive ketones (excluding diaryl/α,β-unsaturated/α-hetero) is 1. The summed E-state index contributed by atoms with van der Waals surface area (Å²) in [5, 5.41) is 8.49. The maximum absolute atomic E-state index is 11.1. The van der Waals surface area contributed by atoms with Crippen LogP contribution in [-0.2, 0) is 11.3 Å². The number of rotatable bonds is 4. The molecule has 4 nitrogen and oxygen atoms in total. The van der Waals surface area contributed by atoms with Crippen molar-refractivity contribution in [2.24, 2.45) is 0 Å². The Bertz CT molecular complexity index is 368. The van der Waals surface area contributed by atoms with Gasteiger partial charge in [-0.3, -0.25) is 4.79 Å². The van der Waals surface area contributed by atoms with Crippen LogP contribution in [0.4, 0.5) is 0 Å². The molecular formula is C11H13NO3. The van der Waals surface area contributed by atoms with Crippen LogP contribution in [0.5, 0.6) is 0 Å². The van der Waals surface area contributed by atoms with Crippen LogP contribution in [0.2, 0.25) is 0 Å². The van der Waals surface area contributed by atoms with Gasteiger partial charge in [0.05, 0.1) is 0 Å². The number of ketones is 1. The molecule has 1 aromatic rings. The van der Waals surface area contributed by atoms with Crippen LogP contribution < -0.4 is 0 Å². The van der Waals surface area contributed by atoms with Crippen molar-refractivity contribution < 1.29 is 14.7 Å². The van der Waals surface area contributed by atoms with Crippen LogP contribution in [0.25, 0.3) is 0 Å². The fourth-order valence-electron chi connectivity index (χ4n) is 1.25. The van der Waals surface area contributed by atoms with Gasteiger partial charge in [0.25, 0.3) is 5.78 Å². The highest BCUT2D eigenvalue weighted by Gasteiger charge is 2.13. The van der Waals surface area contributed by atoms with E-state index in [0.29, 0.717) is 0 Å². The molecule has 0 radical (unpaired) electrons. The standard InChI is InChI=1S/C11H13NO3/c1-12(2)7-8-3-5-9(6-4-8)10(13)11(14)15/h3-6H,7H2,1-2H3,(H,14,15). The van der Waals surface area contributed by atoms with E-state index in [1.54, 1.807) is 12.1 Å². The van der Waals surface area contributed by atoms with E-state index in [2.05, 4.69) is 0 Å². The van der Waals surface area contributed by atoms with E-state index in [1.807, 2.05) is 19.0 Å². The average molecular weight is 207 g/mol. The van der Waals surface area contributed by atoms with E-state index < -0.39 is 11.8 Å². The normalized spacial score (nSPS) is 10.3. The van der Waals surface area contributed by atoms with Gasteiger partial charge in [-0.1, -0.05) is 24.3 Å². The Hall–Kier alpha value is -1.68. The highest BCUT2D eigenvalue weighted by molar-refractivity contribution is 6.39. The largest absolute Gasteiger partial charge is 0.475 e. The molecule has 1 N–H and O–H groups in total. The van der Waals surface area contributed by atoms with Gasteiger partial charge in [0.1, 0.15) is 0 Å². The maximum Gasteiger partial charge on any atom is 0.377 e. The van der Waals surface area contributed by atoms with Crippen molar-refractivity contribution in [3.63, 3.8) is 0 Å². The maximum atomic E-state index is 11.1. The molecule has 0 saturated heterocycles. The van der Waals surface area contributed by atoms with Crippen molar-refractivity contribution in [3.05, 3.63) is 35.4 Å². The number of carboxylic acids is 1. The van der Waals surface area contributed by atoms with Gasteiger partial charge in [0.2, 0.25) is 0 Å². The van der Waals surface area contributed by atoms with E-state index in [9.17, 15) is 9.59 Å². The molecule has 0 heterocycles. The molecule has 4 heteroatoms. The molecule has 0 amide bonds. The predicted molar refractivity (Wildman–Crippen MR) is 55.8 cm³/mol. The number of hydrogen-bond donors (Lipinski definition) is 1. The molecule has 80 valence electrons. The third-order valence-corrected chi connectivity index (χ3v) is 1.91. The lowest BCUT2D eigenvalue weighted by atomic mass is 10.1. The monoisotopic (exact) mass is 207 g/mol. The van der Waals surface area contributed by atoms with Crippen molar-refractivity contribution >= 4 is 11.8 Å². The Kier molecular flexibility index (Phi) is 3.57. The number of carbonyl (C=O) groups excluding carboxylic acids is 1. The van der Waals surface area contributed by atoms with Gasteiger partial charge in [0, 0.05) is 12.1 Å². The number of carbonyl (C=O) groups is 2. The molecule has 0 bridgehead atoms. The smallest absolute Gasteiger partial charge is 0.377 e. The van der Waals surface area contributed by atoms with E-state index in [4.69, 9.17) is 5.11 Å². The summed E-state index contributed by atoms with van der Waals surface area (Å²) in [7, 11) is 3.88. The van der Waals surface area contributed by atoms with Crippen LogP contribution in [0, 0.1) is 0 Å². The highest BCUT2D eigenvalue weighted by atomic mass is 16.4. The molecule has 0 aromatic heterocycles. The van der Waals surface area contributed by atoms with Crippen molar-refractivity contribution in [1.82, 2.24) is 4.90 Å². The summed E-state index contributed by atoms with van der Waals surface area (Å²) in [4.78, 5) is 23.5. The summed E-state index contributed by atoms with van der Waals surface area (Å²) < 4.78 is 0. The molecule has 0 spiro atoms. The van der Waals surface area contributed by atoms with Crippen molar-refractivity contribution in [2.75, 3.05) is 14.1 Å². The summed E-state index contributed by atoms with van der Waals surface area (Å²) in [6, 6.07) is 6.59. The first-order chi connectivity index (χ1) is 7.00. The van der Waals surface area contributed by atoms with Crippen molar-refractivity contribution in [2.45, 2.75) is 6.54 Å². The number of aliphatic carboxylic acids is 1. The first-order valence-electron chi connectivity index (χ1n) is 4.52. The summed E-state index contributed by atoms with van der Waals surface area (Å²) >= 11 is 0. The molecule has 0 saturated carbocycles. The van der Waals surface area contributed by atoms with Crippen LogP contribution in [0.3, 0.4) is 0 Å². The molecule has 15 heavy (non-hydrogen) atoms. The minimum absolute atomic E-state index is 0.213. The van der Waals surface area contributed by atoms with Crippen LogP contribution in [-0.4, -0.2) is 35.9 Å². The van der Waals surface area contributed by atoms with Crippen molar-refractivity contribution in [1.29, 1.82) is 0 Å². The molecule has 1 rings (SSSR count). The first kappa shape index (κ1) is 11.4. The van der Waals surface area contributed by atoms with E-state index in [0.717, 1.165) is 12.1 Å². The molecular weight excluding hydrogens is 194 g/mol. The van der Waals surface area contributed by atoms with E-state index >= 15 is 0 Å². The second kappa shape index (κ2) is 4.70. The van der Waals surface area contributed by atoms with Crippen molar-refractivity contribution in [3.8, 4) is 0 Å². The molecule has 0 unspecified atom stereocenters. The zero-order valence-corrected chi connectivity index (χ0v) is 8.73. The van der Waals surface area contributed by atoms with Crippen LogP contribution in [0.1, 0.15) is 15.9 Å². The molecule has 0 aliphatic rings. The van der Waals surface area contributed by atoms with Gasteiger partial charge in [-0.25, -0.2) is 4.79 Å². The van der Waals surface area contributed by atoms with Gasteiger partial charge in [-0.15, -0.1) is 0 Å². The Morgan fingerprint density at radius 1 is 1.20 bits per heavy atom. The minimum Gasteiger partial charge on any atom is -0.475 e. The molecule has 0 fully saturated rings.